The zero-order valence-electron chi connectivity index (χ0n) is 12.3. The molecule has 1 aliphatic carbocycles. The number of amides is 1. The van der Waals surface area contributed by atoms with Gasteiger partial charge in [0.15, 0.2) is 0 Å². The lowest BCUT2D eigenvalue weighted by molar-refractivity contribution is -0.118. The Morgan fingerprint density at radius 3 is 2.70 bits per heavy atom. The number of hydrogen-bond acceptors (Lipinski definition) is 3. The summed E-state index contributed by atoms with van der Waals surface area (Å²) >= 11 is 0. The Morgan fingerprint density at radius 2 is 2.10 bits per heavy atom. The van der Waals surface area contributed by atoms with E-state index in [-0.39, 0.29) is 11.4 Å². The topological polar surface area (TPSA) is 64.3 Å². The molecule has 1 aliphatic rings. The van der Waals surface area contributed by atoms with Gasteiger partial charge in [-0.1, -0.05) is 26.0 Å². The van der Waals surface area contributed by atoms with Crippen LogP contribution in [0.1, 0.15) is 39.5 Å². The third-order valence-corrected chi connectivity index (χ3v) is 3.60. The molecule has 1 saturated carbocycles. The van der Waals surface area contributed by atoms with Crippen molar-refractivity contribution in [3.63, 3.8) is 0 Å². The number of para-hydroxylation sites is 2. The van der Waals surface area contributed by atoms with Crippen LogP contribution in [0.5, 0.6) is 5.75 Å². The van der Waals surface area contributed by atoms with Crippen LogP contribution in [0.15, 0.2) is 24.3 Å². The van der Waals surface area contributed by atoms with Crippen molar-refractivity contribution in [3.8, 4) is 5.75 Å². The van der Waals surface area contributed by atoms with Gasteiger partial charge >= 0.3 is 0 Å². The highest BCUT2D eigenvalue weighted by Gasteiger charge is 2.34. The first-order chi connectivity index (χ1) is 9.48. The third kappa shape index (κ3) is 3.97. The minimum Gasteiger partial charge on any atom is -0.491 e. The highest BCUT2D eigenvalue weighted by Crippen LogP contribution is 2.33. The van der Waals surface area contributed by atoms with Gasteiger partial charge in [-0.25, -0.2) is 0 Å². The summed E-state index contributed by atoms with van der Waals surface area (Å²) in [6, 6.07) is 7.53. The van der Waals surface area contributed by atoms with Gasteiger partial charge in [-0.05, 0) is 37.3 Å². The maximum absolute atomic E-state index is 12.1. The van der Waals surface area contributed by atoms with E-state index in [2.05, 4.69) is 19.2 Å². The van der Waals surface area contributed by atoms with E-state index >= 15 is 0 Å². The van der Waals surface area contributed by atoms with Crippen molar-refractivity contribution < 1.29 is 9.53 Å². The summed E-state index contributed by atoms with van der Waals surface area (Å²) in [5.74, 6) is 1.13. The molecule has 0 aromatic heterocycles. The van der Waals surface area contributed by atoms with Crippen molar-refractivity contribution in [2.24, 2.45) is 11.7 Å². The summed E-state index contributed by atoms with van der Waals surface area (Å²) in [7, 11) is 0. The maximum Gasteiger partial charge on any atom is 0.226 e. The highest BCUT2D eigenvalue weighted by molar-refractivity contribution is 5.93. The van der Waals surface area contributed by atoms with Gasteiger partial charge < -0.3 is 15.8 Å². The number of nitrogens with two attached hydrogens (primary N) is 1. The largest absolute Gasteiger partial charge is 0.491 e. The number of hydrogen-bond donors (Lipinski definition) is 2. The summed E-state index contributed by atoms with van der Waals surface area (Å²) in [5.41, 5.74) is 6.53. The average Bonchev–Trinajstić information content (AvgIpc) is 2.35. The summed E-state index contributed by atoms with van der Waals surface area (Å²) < 4.78 is 5.72. The molecule has 0 spiro atoms. The van der Waals surface area contributed by atoms with Crippen molar-refractivity contribution in [2.75, 3.05) is 11.9 Å². The molecule has 0 aliphatic heterocycles. The van der Waals surface area contributed by atoms with Crippen molar-refractivity contribution in [3.05, 3.63) is 24.3 Å². The zero-order chi connectivity index (χ0) is 14.6. The van der Waals surface area contributed by atoms with Gasteiger partial charge in [0, 0.05) is 12.0 Å². The van der Waals surface area contributed by atoms with Crippen LogP contribution in [-0.2, 0) is 4.79 Å². The van der Waals surface area contributed by atoms with E-state index < -0.39 is 0 Å². The van der Waals surface area contributed by atoms with Crippen LogP contribution in [0.3, 0.4) is 0 Å². The number of carbonyl (C=O) groups excluding carboxylic acids is 1. The van der Waals surface area contributed by atoms with Crippen molar-refractivity contribution in [1.29, 1.82) is 0 Å². The van der Waals surface area contributed by atoms with E-state index in [1.54, 1.807) is 0 Å². The molecular formula is C16H24N2O2. The smallest absolute Gasteiger partial charge is 0.226 e. The van der Waals surface area contributed by atoms with Gasteiger partial charge in [-0.15, -0.1) is 0 Å². The summed E-state index contributed by atoms with van der Waals surface area (Å²) in [6.45, 7) is 4.82. The Labute approximate surface area is 120 Å². The van der Waals surface area contributed by atoms with E-state index in [0.717, 1.165) is 24.9 Å². The molecule has 4 heteroatoms. The van der Waals surface area contributed by atoms with E-state index in [0.29, 0.717) is 24.7 Å². The fourth-order valence-electron chi connectivity index (χ4n) is 2.27. The van der Waals surface area contributed by atoms with Gasteiger partial charge in [0.2, 0.25) is 5.91 Å². The number of nitrogens with one attached hydrogen (secondary N) is 1. The summed E-state index contributed by atoms with van der Waals surface area (Å²) in [5, 5.41) is 2.91. The predicted molar refractivity (Wildman–Crippen MR) is 80.8 cm³/mol. The SMILES string of the molecule is CC(C)COc1ccccc1NC(=O)CC1(N)CCC1. The van der Waals surface area contributed by atoms with Gasteiger partial charge in [0.1, 0.15) is 5.75 Å². The van der Waals surface area contributed by atoms with E-state index in [1.807, 2.05) is 24.3 Å². The monoisotopic (exact) mass is 276 g/mol. The molecule has 4 nitrogen and oxygen atoms in total. The molecule has 1 amide bonds. The van der Waals surface area contributed by atoms with Crippen LogP contribution >= 0.6 is 0 Å². The van der Waals surface area contributed by atoms with Crippen LogP contribution in [0, 0.1) is 5.92 Å². The summed E-state index contributed by atoms with van der Waals surface area (Å²) in [6.07, 6.45) is 3.38. The zero-order valence-corrected chi connectivity index (χ0v) is 12.3. The number of anilines is 1. The van der Waals surface area contributed by atoms with Gasteiger partial charge in [0.25, 0.3) is 0 Å². The molecule has 1 aromatic rings. The summed E-state index contributed by atoms with van der Waals surface area (Å²) in [4.78, 5) is 12.1. The Hall–Kier alpha value is -1.55. The number of rotatable bonds is 6. The number of benzene rings is 1. The Kier molecular flexibility index (Phi) is 4.65. The standard InChI is InChI=1S/C16H24N2O2/c1-12(2)11-20-14-7-4-3-6-13(14)18-15(19)10-16(17)8-5-9-16/h3-4,6-7,12H,5,8-11,17H2,1-2H3,(H,18,19). The van der Waals surface area contributed by atoms with Crippen molar-refractivity contribution in [1.82, 2.24) is 0 Å². The molecular weight excluding hydrogens is 252 g/mol. The number of carbonyl (C=O) groups is 1. The second-order valence-corrected chi connectivity index (χ2v) is 6.14. The normalized spacial score (nSPS) is 16.6. The van der Waals surface area contributed by atoms with Crippen LogP contribution in [-0.4, -0.2) is 18.1 Å². The maximum atomic E-state index is 12.1. The molecule has 2 rings (SSSR count). The fraction of sp³-hybridized carbons (Fsp3) is 0.562. The molecule has 20 heavy (non-hydrogen) atoms. The first-order valence-corrected chi connectivity index (χ1v) is 7.29. The molecule has 110 valence electrons. The van der Waals surface area contributed by atoms with Crippen LogP contribution in [0.2, 0.25) is 0 Å². The van der Waals surface area contributed by atoms with E-state index in [9.17, 15) is 4.79 Å². The highest BCUT2D eigenvalue weighted by atomic mass is 16.5. The molecule has 0 atom stereocenters. The van der Waals surface area contributed by atoms with Gasteiger partial charge in [0.05, 0.1) is 12.3 Å². The van der Waals surface area contributed by atoms with Crippen LogP contribution in [0.25, 0.3) is 0 Å². The molecule has 0 radical (unpaired) electrons. The first kappa shape index (κ1) is 14.9. The second kappa shape index (κ2) is 6.27. The van der Waals surface area contributed by atoms with Crippen molar-refractivity contribution in [2.45, 2.75) is 45.1 Å². The van der Waals surface area contributed by atoms with Crippen LogP contribution < -0.4 is 15.8 Å². The first-order valence-electron chi connectivity index (χ1n) is 7.29. The minimum atomic E-state index is -0.294. The predicted octanol–water partition coefficient (Wildman–Crippen LogP) is 2.93. The van der Waals surface area contributed by atoms with Crippen molar-refractivity contribution >= 4 is 11.6 Å². The molecule has 1 aromatic carbocycles. The Bertz CT molecular complexity index is 467. The van der Waals surface area contributed by atoms with Crippen LogP contribution in [0.4, 0.5) is 5.69 Å². The molecule has 0 heterocycles. The molecule has 1 fully saturated rings. The van der Waals surface area contributed by atoms with Gasteiger partial charge in [-0.2, -0.15) is 0 Å². The van der Waals surface area contributed by atoms with E-state index in [1.165, 1.54) is 0 Å². The second-order valence-electron chi connectivity index (χ2n) is 6.14. The Balaban J connectivity index is 1.95. The quantitative estimate of drug-likeness (QED) is 0.839. The minimum absolute atomic E-state index is 0.0344. The third-order valence-electron chi connectivity index (χ3n) is 3.60. The molecule has 0 saturated heterocycles. The van der Waals surface area contributed by atoms with E-state index in [4.69, 9.17) is 10.5 Å². The molecule has 0 unspecified atom stereocenters. The molecule has 3 N–H and O–H groups in total. The molecule has 0 bridgehead atoms. The average molecular weight is 276 g/mol. The fourth-order valence-corrected chi connectivity index (χ4v) is 2.27. The van der Waals surface area contributed by atoms with Gasteiger partial charge in [-0.3, -0.25) is 4.79 Å². The lowest BCUT2D eigenvalue weighted by atomic mass is 9.75. The lowest BCUT2D eigenvalue weighted by Gasteiger charge is -2.37. The number of ether oxygens (including phenoxy) is 1. The lowest BCUT2D eigenvalue weighted by Crippen LogP contribution is -2.48. The Morgan fingerprint density at radius 1 is 1.40 bits per heavy atom.